The highest BCUT2D eigenvalue weighted by Gasteiger charge is 2.31. The lowest BCUT2D eigenvalue weighted by Gasteiger charge is -2.20. The summed E-state index contributed by atoms with van der Waals surface area (Å²) in [6, 6.07) is 3.01. The molecule has 1 heterocycles. The third-order valence-corrected chi connectivity index (χ3v) is 2.93. The van der Waals surface area contributed by atoms with Crippen LogP contribution in [0.5, 0.6) is 0 Å². The minimum Gasteiger partial charge on any atom is -0.348 e. The number of aromatic nitrogens is 3. The average molecular weight is 346 g/mol. The molecule has 0 aliphatic heterocycles. The van der Waals surface area contributed by atoms with Gasteiger partial charge in [-0.25, -0.2) is 0 Å². The Balaban J connectivity index is 2.27. The van der Waals surface area contributed by atoms with Crippen LogP contribution in [0.25, 0.3) is 0 Å². The van der Waals surface area contributed by atoms with E-state index in [1.165, 1.54) is 12.3 Å². The van der Waals surface area contributed by atoms with E-state index in [2.05, 4.69) is 25.8 Å². The molecule has 0 saturated heterocycles. The van der Waals surface area contributed by atoms with Gasteiger partial charge in [-0.05, 0) is 39.0 Å². The highest BCUT2D eigenvalue weighted by molar-refractivity contribution is 6.33. The van der Waals surface area contributed by atoms with Crippen LogP contribution in [0.3, 0.4) is 0 Å². The molecule has 23 heavy (non-hydrogen) atoms. The number of hydrogen-bond donors (Lipinski definition) is 2. The summed E-state index contributed by atoms with van der Waals surface area (Å²) in [6.45, 7) is 5.75. The fraction of sp³-hybridized carbons (Fsp3) is 0.357. The van der Waals surface area contributed by atoms with Crippen molar-refractivity contribution in [1.82, 2.24) is 15.2 Å². The number of benzene rings is 1. The van der Waals surface area contributed by atoms with Crippen molar-refractivity contribution in [2.45, 2.75) is 32.5 Å². The Labute approximate surface area is 136 Å². The molecule has 0 radical (unpaired) electrons. The Morgan fingerprint density at radius 2 is 1.83 bits per heavy atom. The zero-order valence-electron chi connectivity index (χ0n) is 12.7. The lowest BCUT2D eigenvalue weighted by atomic mass is 10.1. The third kappa shape index (κ3) is 4.95. The van der Waals surface area contributed by atoms with Crippen LogP contribution in [-0.4, -0.2) is 20.7 Å². The van der Waals surface area contributed by atoms with Gasteiger partial charge in [0.05, 0.1) is 22.5 Å². The average Bonchev–Trinajstić information content (AvgIpc) is 2.38. The van der Waals surface area contributed by atoms with Gasteiger partial charge in [-0.1, -0.05) is 11.6 Å². The standard InChI is InChI=1S/C14H15ClF3N5/c1-13(2,3)22-12-21-11(7-19-23-12)20-10-6-8(14(16,17)18)4-5-9(10)15/h4-7H,1-3H3,(H2,20,21,22,23). The first kappa shape index (κ1) is 17.3. The lowest BCUT2D eigenvalue weighted by molar-refractivity contribution is -0.137. The van der Waals surface area contributed by atoms with E-state index in [1.54, 1.807) is 0 Å². The van der Waals surface area contributed by atoms with Crippen molar-refractivity contribution in [3.8, 4) is 0 Å². The van der Waals surface area contributed by atoms with Crippen molar-refractivity contribution >= 4 is 29.1 Å². The summed E-state index contributed by atoms with van der Waals surface area (Å²) < 4.78 is 38.3. The largest absolute Gasteiger partial charge is 0.416 e. The van der Waals surface area contributed by atoms with E-state index in [1.807, 2.05) is 20.8 Å². The van der Waals surface area contributed by atoms with E-state index < -0.39 is 11.7 Å². The molecule has 1 aromatic heterocycles. The summed E-state index contributed by atoms with van der Waals surface area (Å²) in [5.41, 5.74) is -1.00. The molecule has 5 nitrogen and oxygen atoms in total. The van der Waals surface area contributed by atoms with Gasteiger partial charge in [0.1, 0.15) is 0 Å². The van der Waals surface area contributed by atoms with Crippen LogP contribution in [0.4, 0.5) is 30.6 Å². The maximum atomic E-state index is 12.8. The van der Waals surface area contributed by atoms with Crippen molar-refractivity contribution < 1.29 is 13.2 Å². The molecular formula is C14H15ClF3N5. The third-order valence-electron chi connectivity index (χ3n) is 2.60. The van der Waals surface area contributed by atoms with Crippen molar-refractivity contribution in [2.75, 3.05) is 10.6 Å². The molecule has 0 aliphatic carbocycles. The number of alkyl halides is 3. The minimum absolute atomic E-state index is 0.0868. The zero-order chi connectivity index (χ0) is 17.3. The lowest BCUT2D eigenvalue weighted by Crippen LogP contribution is -2.27. The number of hydrogen-bond acceptors (Lipinski definition) is 5. The molecule has 0 amide bonds. The van der Waals surface area contributed by atoms with E-state index in [0.717, 1.165) is 12.1 Å². The van der Waals surface area contributed by atoms with E-state index in [9.17, 15) is 13.2 Å². The first-order chi connectivity index (χ1) is 10.5. The molecule has 1 aromatic carbocycles. The van der Waals surface area contributed by atoms with Crippen LogP contribution < -0.4 is 10.6 Å². The molecule has 0 fully saturated rings. The number of anilines is 3. The summed E-state index contributed by atoms with van der Waals surface area (Å²) in [7, 11) is 0. The summed E-state index contributed by atoms with van der Waals surface area (Å²) in [5.74, 6) is 0.485. The second-order valence-corrected chi connectivity index (χ2v) is 6.26. The number of rotatable bonds is 3. The summed E-state index contributed by atoms with van der Waals surface area (Å²) >= 11 is 5.93. The van der Waals surface area contributed by atoms with Gasteiger partial charge in [0.2, 0.25) is 5.95 Å². The minimum atomic E-state index is -4.45. The van der Waals surface area contributed by atoms with Crippen LogP contribution in [0.2, 0.25) is 5.02 Å². The van der Waals surface area contributed by atoms with Gasteiger partial charge >= 0.3 is 6.18 Å². The molecule has 0 unspecified atom stereocenters. The molecule has 9 heteroatoms. The maximum absolute atomic E-state index is 12.8. The van der Waals surface area contributed by atoms with Gasteiger partial charge in [-0.15, -0.1) is 5.10 Å². The van der Waals surface area contributed by atoms with E-state index in [4.69, 9.17) is 11.6 Å². The molecule has 0 aliphatic rings. The molecule has 0 saturated carbocycles. The van der Waals surface area contributed by atoms with Gasteiger partial charge in [-0.2, -0.15) is 23.3 Å². The first-order valence-electron chi connectivity index (χ1n) is 6.66. The summed E-state index contributed by atoms with van der Waals surface area (Å²) in [6.07, 6.45) is -3.16. The molecule has 0 atom stereocenters. The molecule has 2 N–H and O–H groups in total. The predicted molar refractivity (Wildman–Crippen MR) is 82.9 cm³/mol. The zero-order valence-corrected chi connectivity index (χ0v) is 13.4. The van der Waals surface area contributed by atoms with Crippen molar-refractivity contribution in [3.63, 3.8) is 0 Å². The molecule has 2 aromatic rings. The van der Waals surface area contributed by atoms with E-state index in [0.29, 0.717) is 0 Å². The monoisotopic (exact) mass is 345 g/mol. The van der Waals surface area contributed by atoms with Crippen molar-refractivity contribution in [1.29, 1.82) is 0 Å². The van der Waals surface area contributed by atoms with Crippen LogP contribution in [0, 0.1) is 0 Å². The second kappa shape index (κ2) is 6.19. The fourth-order valence-corrected chi connectivity index (χ4v) is 1.85. The van der Waals surface area contributed by atoms with Crippen molar-refractivity contribution in [3.05, 3.63) is 35.0 Å². The van der Waals surface area contributed by atoms with Gasteiger partial charge in [-0.3, -0.25) is 0 Å². The number of nitrogens with zero attached hydrogens (tertiary/aromatic N) is 3. The summed E-state index contributed by atoms with van der Waals surface area (Å²) in [5, 5.41) is 13.5. The highest BCUT2D eigenvalue weighted by Crippen LogP contribution is 2.34. The van der Waals surface area contributed by atoms with Gasteiger partial charge in [0, 0.05) is 5.54 Å². The Kier molecular flexibility index (Phi) is 4.65. The molecule has 124 valence electrons. The van der Waals surface area contributed by atoms with E-state index in [-0.39, 0.29) is 28.0 Å². The van der Waals surface area contributed by atoms with Gasteiger partial charge in [0.25, 0.3) is 0 Å². The molecule has 0 bridgehead atoms. The number of nitrogens with one attached hydrogen (secondary N) is 2. The normalized spacial score (nSPS) is 12.1. The predicted octanol–water partition coefficient (Wildman–Crippen LogP) is 4.50. The van der Waals surface area contributed by atoms with Crippen LogP contribution in [-0.2, 0) is 6.18 Å². The Morgan fingerprint density at radius 3 is 2.43 bits per heavy atom. The topological polar surface area (TPSA) is 62.7 Å². The first-order valence-corrected chi connectivity index (χ1v) is 7.04. The van der Waals surface area contributed by atoms with Crippen LogP contribution in [0.15, 0.2) is 24.4 Å². The molecule has 2 rings (SSSR count). The van der Waals surface area contributed by atoms with Crippen LogP contribution >= 0.6 is 11.6 Å². The van der Waals surface area contributed by atoms with Crippen molar-refractivity contribution in [2.24, 2.45) is 0 Å². The van der Waals surface area contributed by atoms with Crippen LogP contribution in [0.1, 0.15) is 26.3 Å². The Hall–Kier alpha value is -2.09. The maximum Gasteiger partial charge on any atom is 0.416 e. The highest BCUT2D eigenvalue weighted by atomic mass is 35.5. The second-order valence-electron chi connectivity index (χ2n) is 5.86. The molecular weight excluding hydrogens is 331 g/mol. The van der Waals surface area contributed by atoms with Gasteiger partial charge in [0.15, 0.2) is 5.82 Å². The Morgan fingerprint density at radius 1 is 1.13 bits per heavy atom. The SMILES string of the molecule is CC(C)(C)Nc1nncc(Nc2cc(C(F)(F)F)ccc2Cl)n1. The van der Waals surface area contributed by atoms with E-state index >= 15 is 0 Å². The smallest absolute Gasteiger partial charge is 0.348 e. The quantitative estimate of drug-likeness (QED) is 0.857. The van der Waals surface area contributed by atoms with Gasteiger partial charge < -0.3 is 10.6 Å². The molecule has 0 spiro atoms. The summed E-state index contributed by atoms with van der Waals surface area (Å²) in [4.78, 5) is 4.15. The fourth-order valence-electron chi connectivity index (χ4n) is 1.69. The number of halogens is 4. The Bertz CT molecular complexity index is 698.